The molecule has 0 saturated carbocycles. The third-order valence-corrected chi connectivity index (χ3v) is 4.45. The van der Waals surface area contributed by atoms with Gasteiger partial charge in [0.05, 0.1) is 13.2 Å². The van der Waals surface area contributed by atoms with Crippen LogP contribution < -0.4 is 5.32 Å². The van der Waals surface area contributed by atoms with Crippen LogP contribution in [0.15, 0.2) is 24.3 Å². The lowest BCUT2D eigenvalue weighted by molar-refractivity contribution is 0.0493. The van der Waals surface area contributed by atoms with Gasteiger partial charge >= 0.3 is 5.97 Å². The molecule has 156 valence electrons. The predicted octanol–water partition coefficient (Wildman–Crippen LogP) is 4.40. The van der Waals surface area contributed by atoms with Crippen molar-refractivity contribution in [1.29, 1.82) is 0 Å². The molecule has 0 aliphatic heterocycles. The molecule has 0 aliphatic rings. The van der Waals surface area contributed by atoms with Gasteiger partial charge in [0.25, 0.3) is 0 Å². The number of likely N-dealkylation sites (N-methyl/N-ethyl adjacent to an activating group) is 1. The minimum absolute atomic E-state index is 0. The van der Waals surface area contributed by atoms with Gasteiger partial charge in [-0.2, -0.15) is 4.80 Å². The number of halogens is 2. The highest BCUT2D eigenvalue weighted by atomic mass is 35.5. The molecule has 2 rings (SSSR count). The van der Waals surface area contributed by atoms with Crippen molar-refractivity contribution < 1.29 is 9.53 Å². The Kier molecular flexibility index (Phi) is 10.9. The Morgan fingerprint density at radius 3 is 2.46 bits per heavy atom. The Labute approximate surface area is 177 Å². The molecule has 0 spiro atoms. The first-order chi connectivity index (χ1) is 13.1. The van der Waals surface area contributed by atoms with Gasteiger partial charge in [-0.15, -0.1) is 22.6 Å². The van der Waals surface area contributed by atoms with Gasteiger partial charge in [-0.05, 0) is 43.8 Å². The topological polar surface area (TPSA) is 72.3 Å². The van der Waals surface area contributed by atoms with Crippen LogP contribution in [-0.2, 0) is 11.3 Å². The first-order valence-electron chi connectivity index (χ1n) is 9.44. The van der Waals surface area contributed by atoms with E-state index in [4.69, 9.17) is 16.3 Å². The number of aromatic nitrogens is 3. The maximum Gasteiger partial charge on any atom is 0.362 e. The van der Waals surface area contributed by atoms with Gasteiger partial charge in [0, 0.05) is 17.3 Å². The molecule has 0 amide bonds. The summed E-state index contributed by atoms with van der Waals surface area (Å²) < 4.78 is 5.32. The quantitative estimate of drug-likeness (QED) is 0.421. The summed E-state index contributed by atoms with van der Waals surface area (Å²) >= 11 is 5.93. The highest BCUT2D eigenvalue weighted by Crippen LogP contribution is 2.20. The lowest BCUT2D eigenvalue weighted by atomic mass is 10.3. The molecule has 0 aliphatic carbocycles. The normalized spacial score (nSPS) is 10.6. The molecule has 0 saturated heterocycles. The van der Waals surface area contributed by atoms with Gasteiger partial charge < -0.3 is 15.0 Å². The Balaban J connectivity index is 0.00000392. The molecule has 2 aromatic rings. The first-order valence-corrected chi connectivity index (χ1v) is 9.82. The maximum absolute atomic E-state index is 12.4. The molecule has 1 heterocycles. The van der Waals surface area contributed by atoms with Crippen molar-refractivity contribution in [1.82, 2.24) is 19.9 Å². The SMILES string of the molecule is CCCCOC(=O)c1nn(CCN(CC)CC)nc1Nc1ccc(Cl)cc1.Cl. The van der Waals surface area contributed by atoms with Crippen LogP contribution in [0.5, 0.6) is 0 Å². The minimum atomic E-state index is -0.464. The van der Waals surface area contributed by atoms with Crippen LogP contribution in [0, 0.1) is 0 Å². The summed E-state index contributed by atoms with van der Waals surface area (Å²) in [5, 5.41) is 12.6. The lowest BCUT2D eigenvalue weighted by Crippen LogP contribution is -2.27. The molecule has 28 heavy (non-hydrogen) atoms. The summed E-state index contributed by atoms with van der Waals surface area (Å²) in [4.78, 5) is 16.3. The smallest absolute Gasteiger partial charge is 0.362 e. The Bertz CT molecular complexity index is 718. The Morgan fingerprint density at radius 1 is 1.18 bits per heavy atom. The number of unbranched alkanes of at least 4 members (excludes halogenated alkanes) is 1. The number of hydrogen-bond acceptors (Lipinski definition) is 6. The van der Waals surface area contributed by atoms with Crippen LogP contribution in [0.3, 0.4) is 0 Å². The van der Waals surface area contributed by atoms with Crippen molar-refractivity contribution in [3.63, 3.8) is 0 Å². The number of rotatable bonds is 11. The van der Waals surface area contributed by atoms with Gasteiger partial charge in [0.2, 0.25) is 5.69 Å². The Hall–Kier alpha value is -1.83. The van der Waals surface area contributed by atoms with E-state index in [1.807, 2.05) is 19.1 Å². The van der Waals surface area contributed by atoms with Crippen LogP contribution in [0.25, 0.3) is 0 Å². The van der Waals surface area contributed by atoms with E-state index in [-0.39, 0.29) is 18.1 Å². The summed E-state index contributed by atoms with van der Waals surface area (Å²) in [6.07, 6.45) is 1.78. The van der Waals surface area contributed by atoms with E-state index in [9.17, 15) is 4.79 Å². The van der Waals surface area contributed by atoms with Crippen molar-refractivity contribution in [2.75, 3.05) is 31.6 Å². The molecule has 9 heteroatoms. The average Bonchev–Trinajstić information content (AvgIpc) is 3.07. The third-order valence-electron chi connectivity index (χ3n) is 4.20. The van der Waals surface area contributed by atoms with E-state index < -0.39 is 5.97 Å². The second-order valence-electron chi connectivity index (χ2n) is 6.14. The number of nitrogens with one attached hydrogen (secondary N) is 1. The second kappa shape index (κ2) is 12.6. The number of carbonyl (C=O) groups is 1. The summed E-state index contributed by atoms with van der Waals surface area (Å²) in [6, 6.07) is 7.19. The number of anilines is 2. The maximum atomic E-state index is 12.4. The molecule has 1 N–H and O–H groups in total. The van der Waals surface area contributed by atoms with Gasteiger partial charge in [-0.1, -0.05) is 38.8 Å². The summed E-state index contributed by atoms with van der Waals surface area (Å²) in [5.41, 5.74) is 0.971. The van der Waals surface area contributed by atoms with Crippen molar-refractivity contribution in [3.8, 4) is 0 Å². The zero-order chi connectivity index (χ0) is 19.6. The number of benzene rings is 1. The highest BCUT2D eigenvalue weighted by Gasteiger charge is 2.20. The number of nitrogens with zero attached hydrogens (tertiary/aromatic N) is 4. The summed E-state index contributed by atoms with van der Waals surface area (Å²) in [7, 11) is 0. The predicted molar refractivity (Wildman–Crippen MR) is 115 cm³/mol. The van der Waals surface area contributed by atoms with Gasteiger partial charge in [-0.3, -0.25) is 0 Å². The molecule has 7 nitrogen and oxygen atoms in total. The van der Waals surface area contributed by atoms with Crippen molar-refractivity contribution in [2.45, 2.75) is 40.2 Å². The van der Waals surface area contributed by atoms with Crippen molar-refractivity contribution >= 4 is 41.5 Å². The van der Waals surface area contributed by atoms with E-state index in [0.717, 1.165) is 38.2 Å². The molecule has 0 unspecified atom stereocenters. The monoisotopic (exact) mass is 429 g/mol. The van der Waals surface area contributed by atoms with Crippen LogP contribution >= 0.6 is 24.0 Å². The molecule has 0 bridgehead atoms. The zero-order valence-electron chi connectivity index (χ0n) is 16.7. The molecule has 0 fully saturated rings. The van der Waals surface area contributed by atoms with Gasteiger partial charge in [0.15, 0.2) is 5.82 Å². The average molecular weight is 430 g/mol. The number of esters is 1. The van der Waals surface area contributed by atoms with Gasteiger partial charge in [0.1, 0.15) is 0 Å². The van der Waals surface area contributed by atoms with Gasteiger partial charge in [-0.25, -0.2) is 4.79 Å². The summed E-state index contributed by atoms with van der Waals surface area (Å²) in [5.74, 6) is -0.0765. The van der Waals surface area contributed by atoms with Crippen LogP contribution in [0.1, 0.15) is 44.1 Å². The van der Waals surface area contributed by atoms with E-state index in [1.165, 1.54) is 0 Å². The van der Waals surface area contributed by atoms with Crippen LogP contribution in [0.4, 0.5) is 11.5 Å². The largest absolute Gasteiger partial charge is 0.461 e. The van der Waals surface area contributed by atoms with Crippen molar-refractivity contribution in [2.24, 2.45) is 0 Å². The fourth-order valence-electron chi connectivity index (χ4n) is 2.49. The van der Waals surface area contributed by atoms with Crippen LogP contribution in [-0.4, -0.2) is 52.1 Å². The standard InChI is InChI=1S/C19H28ClN5O2.ClH/c1-4-7-14-27-19(26)17-18(21-16-10-8-15(20)9-11-16)23-25(22-17)13-12-24(5-2)6-3;/h8-11H,4-7,12-14H2,1-3H3,(H,21,23);1H. The third kappa shape index (κ3) is 7.30. The molecule has 0 atom stereocenters. The fourth-order valence-corrected chi connectivity index (χ4v) is 2.61. The van der Waals surface area contributed by atoms with Crippen LogP contribution in [0.2, 0.25) is 5.02 Å². The molecule has 1 aromatic carbocycles. The highest BCUT2D eigenvalue weighted by molar-refractivity contribution is 6.30. The molecule has 0 radical (unpaired) electrons. The Morgan fingerprint density at radius 2 is 1.86 bits per heavy atom. The molecule has 1 aromatic heterocycles. The lowest BCUT2D eigenvalue weighted by Gasteiger charge is -2.16. The molecular formula is C19H29Cl2N5O2. The molecular weight excluding hydrogens is 401 g/mol. The first kappa shape index (κ1) is 24.2. The summed E-state index contributed by atoms with van der Waals surface area (Å²) in [6.45, 7) is 9.98. The number of hydrogen-bond donors (Lipinski definition) is 1. The van der Waals surface area contributed by atoms with E-state index in [0.29, 0.717) is 24.0 Å². The second-order valence-corrected chi connectivity index (χ2v) is 6.58. The van der Waals surface area contributed by atoms with Crippen molar-refractivity contribution in [3.05, 3.63) is 35.0 Å². The fraction of sp³-hybridized carbons (Fsp3) is 0.526. The zero-order valence-corrected chi connectivity index (χ0v) is 18.2. The van der Waals surface area contributed by atoms with E-state index in [2.05, 4.69) is 34.3 Å². The van der Waals surface area contributed by atoms with E-state index >= 15 is 0 Å². The van der Waals surface area contributed by atoms with E-state index in [1.54, 1.807) is 16.9 Å². The number of carbonyl (C=O) groups excluding carboxylic acids is 1. The minimum Gasteiger partial charge on any atom is -0.461 e. The number of ether oxygens (including phenoxy) is 1.